The largest absolute Gasteiger partial charge is 0.481 e. The molecular weight excluding hydrogens is 448 g/mol. The summed E-state index contributed by atoms with van der Waals surface area (Å²) in [4.78, 5) is 36.5. The number of benzene rings is 2. The number of aryl methyl sites for hydroxylation is 2. The van der Waals surface area contributed by atoms with Gasteiger partial charge in [-0.3, -0.25) is 14.3 Å². The van der Waals surface area contributed by atoms with Crippen LogP contribution in [0.5, 0.6) is 0 Å². The van der Waals surface area contributed by atoms with Crippen LogP contribution in [-0.4, -0.2) is 45.5 Å². The molecule has 0 saturated carbocycles. The quantitative estimate of drug-likeness (QED) is 0.436. The molecule has 1 unspecified atom stereocenters. The standard InChI is InChI=1S/C26H28N4O5/c1-16-13-17(30(2)29-16)14-27-25(33)23(11-12-24(31)32)28-26(34)35-15-22-20-9-5-3-7-18(20)19-8-4-6-10-21(19)22/h3-10,13,22-23H,11-12,14-15H2,1-2H3,(H,27,33)(H,28,34)(H,31,32). The number of rotatable bonds is 9. The lowest BCUT2D eigenvalue weighted by atomic mass is 9.98. The minimum absolute atomic E-state index is 0.0597. The maximum Gasteiger partial charge on any atom is 0.407 e. The Hall–Kier alpha value is -4.14. The van der Waals surface area contributed by atoms with E-state index in [1.165, 1.54) is 0 Å². The van der Waals surface area contributed by atoms with E-state index in [-0.39, 0.29) is 31.9 Å². The second-order valence-electron chi connectivity index (χ2n) is 8.57. The number of alkyl carbamates (subject to hydrolysis) is 1. The second kappa shape index (κ2) is 10.4. The van der Waals surface area contributed by atoms with Crippen molar-refractivity contribution in [2.75, 3.05) is 6.61 Å². The van der Waals surface area contributed by atoms with Gasteiger partial charge in [0.25, 0.3) is 0 Å². The highest BCUT2D eigenvalue weighted by atomic mass is 16.5. The summed E-state index contributed by atoms with van der Waals surface area (Å²) in [6.45, 7) is 2.15. The van der Waals surface area contributed by atoms with Gasteiger partial charge < -0.3 is 20.5 Å². The average Bonchev–Trinajstić information content (AvgIpc) is 3.34. The van der Waals surface area contributed by atoms with Crippen molar-refractivity contribution in [3.05, 3.63) is 77.1 Å². The van der Waals surface area contributed by atoms with Crippen molar-refractivity contribution < 1.29 is 24.2 Å². The number of aromatic nitrogens is 2. The number of nitrogens with zero attached hydrogens (tertiary/aromatic N) is 2. The van der Waals surface area contributed by atoms with Crippen LogP contribution in [-0.2, 0) is 27.9 Å². The van der Waals surface area contributed by atoms with Gasteiger partial charge in [0.1, 0.15) is 12.6 Å². The van der Waals surface area contributed by atoms with Crippen molar-refractivity contribution in [3.8, 4) is 11.1 Å². The Morgan fingerprint density at radius 1 is 1.09 bits per heavy atom. The molecule has 1 aromatic heterocycles. The maximum absolute atomic E-state index is 12.8. The number of amides is 2. The molecule has 0 spiro atoms. The molecular formula is C26H28N4O5. The number of carbonyl (C=O) groups excluding carboxylic acids is 2. The smallest absolute Gasteiger partial charge is 0.407 e. The van der Waals surface area contributed by atoms with Crippen LogP contribution in [0.1, 0.15) is 41.3 Å². The van der Waals surface area contributed by atoms with Gasteiger partial charge in [0.2, 0.25) is 5.91 Å². The van der Waals surface area contributed by atoms with Crippen molar-refractivity contribution in [3.63, 3.8) is 0 Å². The lowest BCUT2D eigenvalue weighted by molar-refractivity contribution is -0.137. The Bertz CT molecular complexity index is 1210. The summed E-state index contributed by atoms with van der Waals surface area (Å²) in [6.07, 6.45) is -1.10. The summed E-state index contributed by atoms with van der Waals surface area (Å²) in [5, 5.41) is 18.6. The minimum Gasteiger partial charge on any atom is -0.481 e. The van der Waals surface area contributed by atoms with Gasteiger partial charge in [0, 0.05) is 19.4 Å². The third kappa shape index (κ3) is 5.51. The van der Waals surface area contributed by atoms with Gasteiger partial charge in [-0.05, 0) is 41.7 Å². The van der Waals surface area contributed by atoms with Crippen molar-refractivity contribution in [1.29, 1.82) is 0 Å². The van der Waals surface area contributed by atoms with Crippen LogP contribution in [0.3, 0.4) is 0 Å². The molecule has 35 heavy (non-hydrogen) atoms. The first kappa shape index (κ1) is 24.0. The Kier molecular flexibility index (Phi) is 7.14. The van der Waals surface area contributed by atoms with E-state index in [4.69, 9.17) is 9.84 Å². The molecule has 9 heteroatoms. The average molecular weight is 477 g/mol. The van der Waals surface area contributed by atoms with Crippen LogP contribution in [0.15, 0.2) is 54.6 Å². The summed E-state index contributed by atoms with van der Waals surface area (Å²) in [6, 6.07) is 16.8. The third-order valence-corrected chi connectivity index (χ3v) is 6.14. The number of nitrogens with one attached hydrogen (secondary N) is 2. The van der Waals surface area contributed by atoms with Gasteiger partial charge in [-0.2, -0.15) is 5.10 Å². The number of carbonyl (C=O) groups is 3. The number of carboxylic acid groups (broad SMARTS) is 1. The lowest BCUT2D eigenvalue weighted by Gasteiger charge is -2.19. The molecule has 0 aliphatic heterocycles. The number of ether oxygens (including phenoxy) is 1. The number of carboxylic acids is 1. The van der Waals surface area contributed by atoms with Crippen LogP contribution in [0, 0.1) is 6.92 Å². The van der Waals surface area contributed by atoms with Gasteiger partial charge in [-0.15, -0.1) is 0 Å². The monoisotopic (exact) mass is 476 g/mol. The van der Waals surface area contributed by atoms with E-state index in [2.05, 4.69) is 15.7 Å². The summed E-state index contributed by atoms with van der Waals surface area (Å²) in [5.41, 5.74) is 5.98. The van der Waals surface area contributed by atoms with Crippen LogP contribution < -0.4 is 10.6 Å². The highest BCUT2D eigenvalue weighted by Crippen LogP contribution is 2.44. The Balaban J connectivity index is 1.39. The van der Waals surface area contributed by atoms with Gasteiger partial charge in [-0.25, -0.2) is 4.79 Å². The van der Waals surface area contributed by atoms with Crippen LogP contribution in [0.4, 0.5) is 4.79 Å². The van der Waals surface area contributed by atoms with Crippen molar-refractivity contribution in [2.45, 2.75) is 38.3 Å². The molecule has 0 saturated heterocycles. The molecule has 0 radical (unpaired) electrons. The normalized spacial score (nSPS) is 13.0. The molecule has 2 amide bonds. The van der Waals surface area contributed by atoms with E-state index >= 15 is 0 Å². The molecule has 3 N–H and O–H groups in total. The molecule has 2 aromatic carbocycles. The van der Waals surface area contributed by atoms with Gasteiger partial charge >= 0.3 is 12.1 Å². The van der Waals surface area contributed by atoms with E-state index < -0.39 is 24.0 Å². The van der Waals surface area contributed by atoms with E-state index in [1.54, 1.807) is 11.7 Å². The van der Waals surface area contributed by atoms with Crippen molar-refractivity contribution in [2.24, 2.45) is 7.05 Å². The SMILES string of the molecule is Cc1cc(CNC(=O)C(CCC(=O)O)NC(=O)OCC2c3ccccc3-c3ccccc32)n(C)n1. The number of hydrogen-bond donors (Lipinski definition) is 3. The van der Waals surface area contributed by atoms with Gasteiger partial charge in [0.15, 0.2) is 0 Å². The zero-order chi connectivity index (χ0) is 24.9. The topological polar surface area (TPSA) is 123 Å². The molecule has 0 bridgehead atoms. The Morgan fingerprint density at radius 2 is 1.71 bits per heavy atom. The van der Waals surface area contributed by atoms with E-state index in [9.17, 15) is 14.4 Å². The summed E-state index contributed by atoms with van der Waals surface area (Å²) in [7, 11) is 1.77. The van der Waals surface area contributed by atoms with E-state index in [0.717, 1.165) is 33.6 Å². The summed E-state index contributed by atoms with van der Waals surface area (Å²) in [5.74, 6) is -1.66. The summed E-state index contributed by atoms with van der Waals surface area (Å²) < 4.78 is 7.17. The van der Waals surface area contributed by atoms with Crippen LogP contribution in [0.25, 0.3) is 11.1 Å². The zero-order valence-electron chi connectivity index (χ0n) is 19.7. The van der Waals surface area contributed by atoms with Crippen molar-refractivity contribution >= 4 is 18.0 Å². The second-order valence-corrected chi connectivity index (χ2v) is 8.57. The number of aliphatic carboxylic acids is 1. The number of fused-ring (bicyclic) bond motifs is 3. The predicted octanol–water partition coefficient (Wildman–Crippen LogP) is 3.12. The van der Waals surface area contributed by atoms with Crippen LogP contribution >= 0.6 is 0 Å². The van der Waals surface area contributed by atoms with Crippen LogP contribution in [0.2, 0.25) is 0 Å². The first-order chi connectivity index (χ1) is 16.8. The Labute approximate surface area is 203 Å². The highest BCUT2D eigenvalue weighted by Gasteiger charge is 2.30. The van der Waals surface area contributed by atoms with E-state index in [1.807, 2.05) is 61.5 Å². The first-order valence-corrected chi connectivity index (χ1v) is 11.4. The molecule has 1 aliphatic carbocycles. The zero-order valence-corrected chi connectivity index (χ0v) is 19.7. The third-order valence-electron chi connectivity index (χ3n) is 6.14. The first-order valence-electron chi connectivity index (χ1n) is 11.4. The molecule has 0 fully saturated rings. The molecule has 1 heterocycles. The van der Waals surface area contributed by atoms with Crippen molar-refractivity contribution in [1.82, 2.24) is 20.4 Å². The van der Waals surface area contributed by atoms with Gasteiger partial charge in [0.05, 0.1) is 17.9 Å². The number of hydrogen-bond acceptors (Lipinski definition) is 5. The van der Waals surface area contributed by atoms with E-state index in [0.29, 0.717) is 0 Å². The minimum atomic E-state index is -1.06. The fourth-order valence-electron chi connectivity index (χ4n) is 4.45. The molecule has 1 aliphatic rings. The highest BCUT2D eigenvalue weighted by molar-refractivity contribution is 5.86. The summed E-state index contributed by atoms with van der Waals surface area (Å²) >= 11 is 0. The lowest BCUT2D eigenvalue weighted by Crippen LogP contribution is -2.47. The fraction of sp³-hybridized carbons (Fsp3) is 0.308. The fourth-order valence-corrected chi connectivity index (χ4v) is 4.45. The molecule has 1 atom stereocenters. The molecule has 3 aromatic rings. The Morgan fingerprint density at radius 3 is 2.29 bits per heavy atom. The predicted molar refractivity (Wildman–Crippen MR) is 129 cm³/mol. The molecule has 182 valence electrons. The molecule has 4 rings (SSSR count). The maximum atomic E-state index is 12.8. The molecule has 9 nitrogen and oxygen atoms in total. The van der Waals surface area contributed by atoms with Gasteiger partial charge in [-0.1, -0.05) is 48.5 Å².